The van der Waals surface area contributed by atoms with Crippen LogP contribution in [0.4, 0.5) is 8.78 Å². The van der Waals surface area contributed by atoms with Crippen LogP contribution < -0.4 is 5.32 Å². The molecule has 0 spiro atoms. The molecule has 1 amide bonds. The van der Waals surface area contributed by atoms with Crippen LogP contribution >= 0.6 is 0 Å². The molecule has 3 nitrogen and oxygen atoms in total. The van der Waals surface area contributed by atoms with E-state index in [0.29, 0.717) is 12.6 Å². The van der Waals surface area contributed by atoms with Gasteiger partial charge >= 0.3 is 0 Å². The van der Waals surface area contributed by atoms with Gasteiger partial charge in [0.1, 0.15) is 0 Å². The van der Waals surface area contributed by atoms with E-state index in [-0.39, 0.29) is 5.56 Å². The Labute approximate surface area is 119 Å². The molecule has 0 radical (unpaired) electrons. The number of hydrogen-bond acceptors (Lipinski definition) is 2. The molecule has 5 heteroatoms. The molecule has 20 heavy (non-hydrogen) atoms. The van der Waals surface area contributed by atoms with Crippen molar-refractivity contribution in [3.63, 3.8) is 0 Å². The van der Waals surface area contributed by atoms with Crippen molar-refractivity contribution in [1.29, 1.82) is 0 Å². The molecule has 1 aromatic carbocycles. The zero-order valence-corrected chi connectivity index (χ0v) is 12.2. The molecule has 1 aromatic rings. The van der Waals surface area contributed by atoms with Crippen LogP contribution in [0, 0.1) is 11.6 Å². The lowest BCUT2D eigenvalue weighted by atomic mass is 10.2. The van der Waals surface area contributed by atoms with Crippen LogP contribution in [-0.2, 0) is 0 Å². The third kappa shape index (κ3) is 4.89. The molecule has 112 valence electrons. The fraction of sp³-hybridized carbons (Fsp3) is 0.533. The van der Waals surface area contributed by atoms with Crippen molar-refractivity contribution in [3.8, 4) is 0 Å². The molecule has 1 rings (SSSR count). The first-order chi connectivity index (χ1) is 9.43. The Balaban J connectivity index is 2.32. The lowest BCUT2D eigenvalue weighted by Gasteiger charge is -2.20. The Kier molecular flexibility index (Phi) is 6.58. The standard InChI is InChI=1S/C15H22F2N2O/c1-11(2)19(3)10-5-4-9-18-15(20)12-7-6-8-13(16)14(12)17/h6-8,11H,4-5,9-10H2,1-3H3,(H,18,20). The molecule has 0 saturated carbocycles. The molecule has 0 fully saturated rings. The van der Waals surface area contributed by atoms with Crippen LogP contribution in [0.2, 0.25) is 0 Å². The fourth-order valence-corrected chi connectivity index (χ4v) is 1.72. The summed E-state index contributed by atoms with van der Waals surface area (Å²) in [4.78, 5) is 13.9. The van der Waals surface area contributed by atoms with Crippen molar-refractivity contribution in [2.45, 2.75) is 32.7 Å². The van der Waals surface area contributed by atoms with Crippen LogP contribution in [0.5, 0.6) is 0 Å². The summed E-state index contributed by atoms with van der Waals surface area (Å²) in [7, 11) is 2.05. The highest BCUT2D eigenvalue weighted by Gasteiger charge is 2.14. The van der Waals surface area contributed by atoms with E-state index in [9.17, 15) is 13.6 Å². The molecule has 1 N–H and O–H groups in total. The Bertz CT molecular complexity index is 449. The van der Waals surface area contributed by atoms with Crippen molar-refractivity contribution in [1.82, 2.24) is 10.2 Å². The second-order valence-electron chi connectivity index (χ2n) is 5.14. The SMILES string of the molecule is CC(C)N(C)CCCCNC(=O)c1cccc(F)c1F. The number of halogens is 2. The van der Waals surface area contributed by atoms with Crippen molar-refractivity contribution in [2.24, 2.45) is 0 Å². The van der Waals surface area contributed by atoms with E-state index >= 15 is 0 Å². The molecule has 0 aromatic heterocycles. The third-order valence-electron chi connectivity index (χ3n) is 3.30. The minimum absolute atomic E-state index is 0.246. The van der Waals surface area contributed by atoms with E-state index in [0.717, 1.165) is 25.5 Å². The van der Waals surface area contributed by atoms with Crippen LogP contribution in [0.15, 0.2) is 18.2 Å². The zero-order chi connectivity index (χ0) is 15.1. The normalized spacial score (nSPS) is 11.2. The second kappa shape index (κ2) is 7.94. The average Bonchev–Trinajstić information content (AvgIpc) is 2.40. The fourth-order valence-electron chi connectivity index (χ4n) is 1.72. The smallest absolute Gasteiger partial charge is 0.254 e. The zero-order valence-electron chi connectivity index (χ0n) is 12.2. The van der Waals surface area contributed by atoms with Crippen molar-refractivity contribution < 1.29 is 13.6 Å². The molecule has 0 unspecified atom stereocenters. The summed E-state index contributed by atoms with van der Waals surface area (Å²) in [5.41, 5.74) is -0.246. The maximum Gasteiger partial charge on any atom is 0.254 e. The minimum atomic E-state index is -1.09. The summed E-state index contributed by atoms with van der Waals surface area (Å²) in [5.74, 6) is -2.67. The Morgan fingerprint density at radius 3 is 2.65 bits per heavy atom. The summed E-state index contributed by atoms with van der Waals surface area (Å²) in [6.45, 7) is 5.64. The molecule has 0 atom stereocenters. The Hall–Kier alpha value is -1.49. The van der Waals surface area contributed by atoms with E-state index in [2.05, 4.69) is 24.1 Å². The maximum atomic E-state index is 13.4. The quantitative estimate of drug-likeness (QED) is 0.781. The number of nitrogens with zero attached hydrogens (tertiary/aromatic N) is 1. The van der Waals surface area contributed by atoms with Gasteiger partial charge in [0, 0.05) is 12.6 Å². The molecule has 0 saturated heterocycles. The van der Waals surface area contributed by atoms with Gasteiger partial charge in [0.05, 0.1) is 5.56 Å². The summed E-state index contributed by atoms with van der Waals surface area (Å²) >= 11 is 0. The second-order valence-corrected chi connectivity index (χ2v) is 5.14. The lowest BCUT2D eigenvalue weighted by Crippen LogP contribution is -2.29. The van der Waals surface area contributed by atoms with Crippen LogP contribution in [0.25, 0.3) is 0 Å². The highest BCUT2D eigenvalue weighted by atomic mass is 19.2. The van der Waals surface area contributed by atoms with Crippen molar-refractivity contribution >= 4 is 5.91 Å². The first-order valence-electron chi connectivity index (χ1n) is 6.86. The predicted octanol–water partition coefficient (Wildman–Crippen LogP) is 2.82. The van der Waals surface area contributed by atoms with Gasteiger partial charge in [0.15, 0.2) is 11.6 Å². The number of benzene rings is 1. The molecule has 0 bridgehead atoms. The summed E-state index contributed by atoms with van der Waals surface area (Å²) in [5, 5.41) is 2.61. The Morgan fingerprint density at radius 1 is 1.30 bits per heavy atom. The number of hydrogen-bond donors (Lipinski definition) is 1. The van der Waals surface area contributed by atoms with E-state index in [1.165, 1.54) is 12.1 Å². The monoisotopic (exact) mass is 284 g/mol. The van der Waals surface area contributed by atoms with E-state index < -0.39 is 17.5 Å². The molecule has 0 aliphatic heterocycles. The third-order valence-corrected chi connectivity index (χ3v) is 3.30. The summed E-state index contributed by atoms with van der Waals surface area (Å²) in [6, 6.07) is 4.09. The van der Waals surface area contributed by atoms with Gasteiger partial charge in [0.2, 0.25) is 0 Å². The minimum Gasteiger partial charge on any atom is -0.352 e. The van der Waals surface area contributed by atoms with Gasteiger partial charge in [-0.2, -0.15) is 0 Å². The van der Waals surface area contributed by atoms with E-state index in [1.54, 1.807) is 0 Å². The predicted molar refractivity (Wildman–Crippen MR) is 75.7 cm³/mol. The first kappa shape index (κ1) is 16.6. The van der Waals surface area contributed by atoms with Crippen LogP contribution in [0.3, 0.4) is 0 Å². The van der Waals surface area contributed by atoms with Gasteiger partial charge in [-0.1, -0.05) is 6.07 Å². The number of unbranched alkanes of at least 4 members (excludes halogenated alkanes) is 1. The van der Waals surface area contributed by atoms with Gasteiger partial charge in [-0.3, -0.25) is 4.79 Å². The van der Waals surface area contributed by atoms with Crippen molar-refractivity contribution in [3.05, 3.63) is 35.4 Å². The van der Waals surface area contributed by atoms with Gasteiger partial charge in [-0.25, -0.2) is 8.78 Å². The number of carbonyl (C=O) groups excluding carboxylic acids is 1. The average molecular weight is 284 g/mol. The largest absolute Gasteiger partial charge is 0.352 e. The van der Waals surface area contributed by atoms with Crippen LogP contribution in [0.1, 0.15) is 37.0 Å². The Morgan fingerprint density at radius 2 is 2.00 bits per heavy atom. The van der Waals surface area contributed by atoms with Gasteiger partial charge in [-0.05, 0) is 52.4 Å². The number of amides is 1. The number of rotatable bonds is 7. The molecule has 0 heterocycles. The molecule has 0 aliphatic carbocycles. The van der Waals surface area contributed by atoms with Gasteiger partial charge < -0.3 is 10.2 Å². The lowest BCUT2D eigenvalue weighted by molar-refractivity contribution is 0.0947. The topological polar surface area (TPSA) is 32.3 Å². The first-order valence-corrected chi connectivity index (χ1v) is 6.86. The molecular weight excluding hydrogens is 262 g/mol. The van der Waals surface area contributed by atoms with E-state index in [4.69, 9.17) is 0 Å². The highest BCUT2D eigenvalue weighted by molar-refractivity contribution is 5.94. The number of carbonyl (C=O) groups is 1. The van der Waals surface area contributed by atoms with Crippen LogP contribution in [-0.4, -0.2) is 37.0 Å². The maximum absolute atomic E-state index is 13.4. The van der Waals surface area contributed by atoms with Gasteiger partial charge in [-0.15, -0.1) is 0 Å². The summed E-state index contributed by atoms with van der Waals surface area (Å²) in [6.07, 6.45) is 1.75. The van der Waals surface area contributed by atoms with Crippen molar-refractivity contribution in [2.75, 3.05) is 20.1 Å². The van der Waals surface area contributed by atoms with Gasteiger partial charge in [0.25, 0.3) is 5.91 Å². The summed E-state index contributed by atoms with van der Waals surface area (Å²) < 4.78 is 26.4. The highest BCUT2D eigenvalue weighted by Crippen LogP contribution is 2.11. The number of nitrogens with one attached hydrogen (secondary N) is 1. The molecule has 0 aliphatic rings. The molecular formula is C15H22F2N2O. The van der Waals surface area contributed by atoms with E-state index in [1.807, 2.05) is 7.05 Å².